The molecule has 0 aliphatic carbocycles. The molecule has 0 unspecified atom stereocenters. The van der Waals surface area contributed by atoms with Gasteiger partial charge in [-0.05, 0) is 74.5 Å². The Morgan fingerprint density at radius 3 is 1.91 bits per heavy atom. The molecule has 11 rings (SSSR count). The maximum Gasteiger partial charge on any atom is 0.238 e. The van der Waals surface area contributed by atoms with Crippen LogP contribution < -0.4 is 0 Å². The van der Waals surface area contributed by atoms with Crippen molar-refractivity contribution in [3.63, 3.8) is 0 Å². The summed E-state index contributed by atoms with van der Waals surface area (Å²) in [6.45, 7) is 4.24. The summed E-state index contributed by atoms with van der Waals surface area (Å²) in [5, 5.41) is 17.9. The zero-order valence-corrected chi connectivity index (χ0v) is 30.8. The lowest BCUT2D eigenvalue weighted by Gasteiger charge is -2.14. The van der Waals surface area contributed by atoms with Gasteiger partial charge >= 0.3 is 0 Å². The highest BCUT2D eigenvalue weighted by Gasteiger charge is 2.22. The van der Waals surface area contributed by atoms with Gasteiger partial charge in [-0.2, -0.15) is 15.2 Å². The first-order valence-corrected chi connectivity index (χ1v) is 19.1. The molecule has 11 aromatic rings. The molecule has 0 atom stereocenters. The van der Waals surface area contributed by atoms with E-state index in [-0.39, 0.29) is 0 Å². The summed E-state index contributed by atoms with van der Waals surface area (Å²) in [6, 6.07) is 53.1. The molecule has 7 aromatic carbocycles. The summed E-state index contributed by atoms with van der Waals surface area (Å²) in [5.74, 6) is 1.58. The van der Waals surface area contributed by atoms with Gasteiger partial charge in [-0.15, -0.1) is 11.3 Å². The van der Waals surface area contributed by atoms with Crippen molar-refractivity contribution in [2.24, 2.45) is 0 Å². The number of nitriles is 1. The monoisotopic (exact) mass is 722 g/mol. The summed E-state index contributed by atoms with van der Waals surface area (Å²) in [5.41, 5.74) is 9.54. The molecule has 4 heterocycles. The Bertz CT molecular complexity index is 3360. The van der Waals surface area contributed by atoms with Gasteiger partial charge in [-0.25, -0.2) is 4.98 Å². The lowest BCUT2D eigenvalue weighted by molar-refractivity contribution is 0.953. The topological polar surface area (TPSA) is 72.3 Å². The third-order valence-electron chi connectivity index (χ3n) is 10.7. The van der Waals surface area contributed by atoms with Gasteiger partial charge in [0.2, 0.25) is 5.95 Å². The Kier molecular flexibility index (Phi) is 6.81. The first-order valence-electron chi connectivity index (χ1n) is 18.3. The van der Waals surface area contributed by atoms with E-state index in [9.17, 15) is 5.26 Å². The van der Waals surface area contributed by atoms with Crippen LogP contribution >= 0.6 is 11.3 Å². The fourth-order valence-corrected chi connectivity index (χ4v) is 9.36. The second-order valence-electron chi connectivity index (χ2n) is 14.2. The Balaban J connectivity index is 1.17. The number of aryl methyl sites for hydroxylation is 2. The molecule has 7 heteroatoms. The van der Waals surface area contributed by atoms with Crippen molar-refractivity contribution < 1.29 is 0 Å². The zero-order valence-electron chi connectivity index (χ0n) is 29.9. The van der Waals surface area contributed by atoms with Gasteiger partial charge in [0, 0.05) is 52.8 Å². The molecule has 55 heavy (non-hydrogen) atoms. The largest absolute Gasteiger partial charge is 0.307 e. The smallest absolute Gasteiger partial charge is 0.238 e. The van der Waals surface area contributed by atoms with Crippen LogP contribution in [0.1, 0.15) is 16.7 Å². The molecule has 0 spiro atoms. The van der Waals surface area contributed by atoms with E-state index in [0.717, 1.165) is 60.4 Å². The second-order valence-corrected chi connectivity index (χ2v) is 15.2. The summed E-state index contributed by atoms with van der Waals surface area (Å²) < 4.78 is 6.86. The van der Waals surface area contributed by atoms with E-state index in [2.05, 4.69) is 126 Å². The lowest BCUT2D eigenvalue weighted by Crippen LogP contribution is -2.07. The van der Waals surface area contributed by atoms with Gasteiger partial charge in [-0.1, -0.05) is 96.1 Å². The van der Waals surface area contributed by atoms with Gasteiger partial charge in [0.1, 0.15) is 6.07 Å². The van der Waals surface area contributed by atoms with E-state index in [1.165, 1.54) is 31.3 Å². The molecule has 0 amide bonds. The fourth-order valence-electron chi connectivity index (χ4n) is 8.25. The predicted octanol–water partition coefficient (Wildman–Crippen LogP) is 12.3. The molecule has 0 aliphatic rings. The van der Waals surface area contributed by atoms with E-state index in [0.29, 0.717) is 23.2 Å². The van der Waals surface area contributed by atoms with Crippen LogP contribution in [-0.2, 0) is 0 Å². The van der Waals surface area contributed by atoms with Crippen molar-refractivity contribution in [3.8, 4) is 40.5 Å². The lowest BCUT2D eigenvalue weighted by atomic mass is 10.1. The van der Waals surface area contributed by atoms with Gasteiger partial charge in [0.25, 0.3) is 0 Å². The van der Waals surface area contributed by atoms with Crippen LogP contribution in [0.4, 0.5) is 0 Å². The van der Waals surface area contributed by atoms with Crippen LogP contribution in [0.25, 0.3) is 98.2 Å². The van der Waals surface area contributed by atoms with Crippen molar-refractivity contribution in [1.82, 2.24) is 24.1 Å². The van der Waals surface area contributed by atoms with E-state index in [4.69, 9.17) is 15.0 Å². The van der Waals surface area contributed by atoms with E-state index >= 15 is 0 Å². The molecular formula is C48H30N6S. The maximum atomic E-state index is 10.9. The highest BCUT2D eigenvalue weighted by Crippen LogP contribution is 2.43. The van der Waals surface area contributed by atoms with Crippen LogP contribution in [-0.4, -0.2) is 24.1 Å². The van der Waals surface area contributed by atoms with Crippen molar-refractivity contribution in [3.05, 3.63) is 162 Å². The van der Waals surface area contributed by atoms with Crippen molar-refractivity contribution in [2.75, 3.05) is 0 Å². The quantitative estimate of drug-likeness (QED) is 0.181. The Labute approximate surface area is 319 Å². The molecule has 6 nitrogen and oxygen atoms in total. The van der Waals surface area contributed by atoms with Crippen LogP contribution in [0.2, 0.25) is 0 Å². The van der Waals surface area contributed by atoms with Crippen LogP contribution in [0.3, 0.4) is 0 Å². The number of aromatic nitrogens is 5. The standard InChI is InChI=1S/C48H30N6S/c1-28-16-20-40-36(24-28)37-25-29(2)17-21-41(37)54(40)48-51-46(30-10-4-3-5-11-30)50-47(52-48)31-18-22-38(32(26-31)27-49)53-39-14-8-6-12-33(39)34-19-23-43-44(45(34)53)35-13-7-9-15-42(35)55-43/h3-26H,1-2H3. The van der Waals surface area contributed by atoms with E-state index in [1.54, 1.807) is 11.3 Å². The van der Waals surface area contributed by atoms with Gasteiger partial charge in [-0.3, -0.25) is 4.57 Å². The molecule has 258 valence electrons. The van der Waals surface area contributed by atoms with Crippen molar-refractivity contribution in [1.29, 1.82) is 5.26 Å². The van der Waals surface area contributed by atoms with E-state index in [1.807, 2.05) is 48.5 Å². The zero-order chi connectivity index (χ0) is 36.8. The average Bonchev–Trinajstić information content (AvgIpc) is 3.88. The van der Waals surface area contributed by atoms with Gasteiger partial charge < -0.3 is 4.57 Å². The summed E-state index contributed by atoms with van der Waals surface area (Å²) in [7, 11) is 0. The Hall–Kier alpha value is -7.14. The van der Waals surface area contributed by atoms with Crippen LogP contribution in [0.15, 0.2) is 146 Å². The highest BCUT2D eigenvalue weighted by atomic mass is 32.1. The maximum absolute atomic E-state index is 10.9. The van der Waals surface area contributed by atoms with Crippen molar-refractivity contribution >= 4 is 75.1 Å². The predicted molar refractivity (Wildman–Crippen MR) is 226 cm³/mol. The molecule has 0 saturated carbocycles. The second kappa shape index (κ2) is 11.9. The molecule has 0 bridgehead atoms. The summed E-state index contributed by atoms with van der Waals surface area (Å²) >= 11 is 1.80. The number of thiophene rings is 1. The normalized spacial score (nSPS) is 11.8. The van der Waals surface area contributed by atoms with Crippen LogP contribution in [0, 0.1) is 25.2 Å². The third-order valence-corrected chi connectivity index (χ3v) is 11.9. The molecule has 0 N–H and O–H groups in total. The number of fused-ring (bicyclic) bond motifs is 10. The number of hydrogen-bond donors (Lipinski definition) is 0. The van der Waals surface area contributed by atoms with E-state index < -0.39 is 0 Å². The number of para-hydroxylation sites is 1. The average molecular weight is 723 g/mol. The number of hydrogen-bond acceptors (Lipinski definition) is 5. The first kappa shape index (κ1) is 31.4. The highest BCUT2D eigenvalue weighted by molar-refractivity contribution is 7.26. The number of nitrogens with zero attached hydrogens (tertiary/aromatic N) is 6. The Morgan fingerprint density at radius 1 is 0.509 bits per heavy atom. The molecule has 0 radical (unpaired) electrons. The minimum atomic E-state index is 0.495. The molecule has 0 aliphatic heterocycles. The molecule has 0 saturated heterocycles. The minimum absolute atomic E-state index is 0.495. The number of benzene rings is 7. The minimum Gasteiger partial charge on any atom is -0.307 e. The molecular weight excluding hydrogens is 693 g/mol. The van der Waals surface area contributed by atoms with Gasteiger partial charge in [0.05, 0.1) is 33.3 Å². The Morgan fingerprint density at radius 2 is 1.16 bits per heavy atom. The fraction of sp³-hybridized carbons (Fsp3) is 0.0417. The number of rotatable bonds is 4. The SMILES string of the molecule is Cc1ccc2c(c1)c1cc(C)ccc1n2-c1nc(-c2ccccc2)nc(-c2ccc(-n3c4ccccc4c4ccc5sc6ccccc6c5c43)c(C#N)c2)n1. The summed E-state index contributed by atoms with van der Waals surface area (Å²) in [6.07, 6.45) is 0. The van der Waals surface area contributed by atoms with Gasteiger partial charge in [0.15, 0.2) is 11.6 Å². The first-order chi connectivity index (χ1) is 27.0. The molecule has 4 aromatic heterocycles. The van der Waals surface area contributed by atoms with Crippen LogP contribution in [0.5, 0.6) is 0 Å². The van der Waals surface area contributed by atoms with Crippen molar-refractivity contribution in [2.45, 2.75) is 13.8 Å². The summed E-state index contributed by atoms with van der Waals surface area (Å²) in [4.78, 5) is 15.3. The molecule has 0 fully saturated rings. The third kappa shape index (κ3) is 4.75.